The molecule has 0 bridgehead atoms. The molecule has 32 heavy (non-hydrogen) atoms. The van der Waals surface area contributed by atoms with Crippen LogP contribution in [0, 0.1) is 0 Å². The van der Waals surface area contributed by atoms with Crippen LogP contribution in [0.3, 0.4) is 0 Å². The molecule has 0 radical (unpaired) electrons. The largest absolute Gasteiger partial charge is 0.495 e. The van der Waals surface area contributed by atoms with Crippen LogP contribution in [-0.4, -0.2) is 29.6 Å². The number of aromatic nitrogens is 2. The Hall–Kier alpha value is -3.65. The van der Waals surface area contributed by atoms with E-state index in [0.717, 1.165) is 33.9 Å². The van der Waals surface area contributed by atoms with Crippen LogP contribution in [0.25, 0.3) is 22.2 Å². The van der Waals surface area contributed by atoms with Crippen molar-refractivity contribution in [2.75, 3.05) is 24.8 Å². The SMILES string of the molecule is CNc1nc(-c2ccc(OC)c(NC(=O)c3cn4c5c(cccc5c3=O)CC4C)c2)cs1. The van der Waals surface area contributed by atoms with E-state index in [2.05, 4.69) is 22.5 Å². The Balaban J connectivity index is 1.55. The molecule has 0 spiro atoms. The third kappa shape index (κ3) is 3.23. The van der Waals surface area contributed by atoms with E-state index in [4.69, 9.17) is 4.74 Å². The number of nitrogens with zero attached hydrogens (tertiary/aromatic N) is 2. The number of methoxy groups -OCH3 is 1. The summed E-state index contributed by atoms with van der Waals surface area (Å²) in [6.07, 6.45) is 2.52. The van der Waals surface area contributed by atoms with E-state index < -0.39 is 5.91 Å². The lowest BCUT2D eigenvalue weighted by molar-refractivity contribution is 0.102. The van der Waals surface area contributed by atoms with Crippen molar-refractivity contribution in [3.05, 3.63) is 69.3 Å². The second-order valence-corrected chi connectivity index (χ2v) is 8.66. The number of amides is 1. The van der Waals surface area contributed by atoms with Gasteiger partial charge in [-0.2, -0.15) is 0 Å². The highest BCUT2D eigenvalue weighted by Gasteiger charge is 2.25. The summed E-state index contributed by atoms with van der Waals surface area (Å²) in [6, 6.07) is 11.4. The van der Waals surface area contributed by atoms with Crippen LogP contribution in [0.1, 0.15) is 28.9 Å². The number of rotatable bonds is 5. The van der Waals surface area contributed by atoms with Gasteiger partial charge in [-0.3, -0.25) is 9.59 Å². The Morgan fingerprint density at radius 2 is 2.12 bits per heavy atom. The predicted octanol–water partition coefficient (Wildman–Crippen LogP) is 4.54. The topological polar surface area (TPSA) is 85.2 Å². The first-order valence-electron chi connectivity index (χ1n) is 10.3. The maximum Gasteiger partial charge on any atom is 0.261 e. The number of pyridine rings is 1. The number of hydrogen-bond acceptors (Lipinski definition) is 6. The first-order valence-corrected chi connectivity index (χ1v) is 11.2. The van der Waals surface area contributed by atoms with Gasteiger partial charge in [-0.1, -0.05) is 12.1 Å². The fourth-order valence-corrected chi connectivity index (χ4v) is 4.93. The van der Waals surface area contributed by atoms with Gasteiger partial charge in [0.15, 0.2) is 5.13 Å². The van der Waals surface area contributed by atoms with Gasteiger partial charge in [0.2, 0.25) is 5.43 Å². The number of carbonyl (C=O) groups excluding carboxylic acids is 1. The smallest absolute Gasteiger partial charge is 0.261 e. The molecule has 0 saturated heterocycles. The first-order chi connectivity index (χ1) is 15.5. The average Bonchev–Trinajstić information content (AvgIpc) is 3.41. The average molecular weight is 447 g/mol. The van der Waals surface area contributed by atoms with Gasteiger partial charge in [0, 0.05) is 35.6 Å². The first kappa shape index (κ1) is 20.3. The van der Waals surface area contributed by atoms with Crippen molar-refractivity contribution < 1.29 is 9.53 Å². The fraction of sp³-hybridized carbons (Fsp3) is 0.208. The second kappa shape index (κ2) is 7.80. The summed E-state index contributed by atoms with van der Waals surface area (Å²) < 4.78 is 7.47. The van der Waals surface area contributed by atoms with Gasteiger partial charge in [0.1, 0.15) is 11.3 Å². The van der Waals surface area contributed by atoms with E-state index in [1.54, 1.807) is 25.4 Å². The Bertz CT molecular complexity index is 1420. The molecular weight excluding hydrogens is 424 g/mol. The highest BCUT2D eigenvalue weighted by atomic mass is 32.1. The molecule has 1 amide bonds. The molecule has 1 aliphatic heterocycles. The summed E-state index contributed by atoms with van der Waals surface area (Å²) in [5, 5.41) is 9.22. The molecule has 3 heterocycles. The van der Waals surface area contributed by atoms with Crippen LogP contribution in [0.15, 0.2) is 52.8 Å². The minimum atomic E-state index is -0.463. The Morgan fingerprint density at radius 1 is 1.28 bits per heavy atom. The molecule has 2 N–H and O–H groups in total. The summed E-state index contributed by atoms with van der Waals surface area (Å²) in [5.41, 5.74) is 4.02. The number of para-hydroxylation sites is 1. The Labute approximate surface area is 188 Å². The van der Waals surface area contributed by atoms with Gasteiger partial charge in [-0.15, -0.1) is 11.3 Å². The standard InChI is InChI=1S/C24H22N4O3S/c1-13-9-15-5-4-6-16-21(15)28(13)11-17(22(16)29)23(30)26-18-10-14(7-8-20(18)31-3)19-12-32-24(25-2)27-19/h4-8,10-13H,9H2,1-3H3,(H,25,27)(H,26,30). The molecule has 1 unspecified atom stereocenters. The van der Waals surface area contributed by atoms with Gasteiger partial charge in [-0.05, 0) is 43.2 Å². The molecule has 1 atom stereocenters. The van der Waals surface area contributed by atoms with E-state index in [-0.39, 0.29) is 17.0 Å². The molecule has 4 aromatic rings. The molecule has 2 aromatic heterocycles. The molecule has 0 aliphatic carbocycles. The number of hydrogen-bond donors (Lipinski definition) is 2. The van der Waals surface area contributed by atoms with E-state index in [1.165, 1.54) is 11.3 Å². The van der Waals surface area contributed by atoms with Crippen molar-refractivity contribution >= 4 is 39.0 Å². The lowest BCUT2D eigenvalue weighted by Gasteiger charge is -2.14. The highest BCUT2D eigenvalue weighted by molar-refractivity contribution is 7.14. The fourth-order valence-electron chi connectivity index (χ4n) is 4.25. The van der Waals surface area contributed by atoms with Gasteiger partial charge in [0.05, 0.1) is 24.0 Å². The van der Waals surface area contributed by atoms with E-state index in [0.29, 0.717) is 16.8 Å². The van der Waals surface area contributed by atoms with E-state index in [1.807, 2.05) is 41.3 Å². The maximum atomic E-state index is 13.2. The quantitative estimate of drug-likeness (QED) is 0.470. The number of benzene rings is 2. The summed E-state index contributed by atoms with van der Waals surface area (Å²) in [4.78, 5) is 30.9. The third-order valence-electron chi connectivity index (χ3n) is 5.83. The van der Waals surface area contributed by atoms with Gasteiger partial charge in [-0.25, -0.2) is 4.98 Å². The number of thiazole rings is 1. The van der Waals surface area contributed by atoms with Crippen LogP contribution >= 0.6 is 11.3 Å². The number of nitrogens with one attached hydrogen (secondary N) is 2. The van der Waals surface area contributed by atoms with Gasteiger partial charge in [0.25, 0.3) is 5.91 Å². The van der Waals surface area contributed by atoms with Crippen LogP contribution in [0.4, 0.5) is 10.8 Å². The van der Waals surface area contributed by atoms with E-state index >= 15 is 0 Å². The number of anilines is 2. The summed E-state index contributed by atoms with van der Waals surface area (Å²) in [6.45, 7) is 2.09. The highest BCUT2D eigenvalue weighted by Crippen LogP contribution is 2.33. The van der Waals surface area contributed by atoms with Crippen LogP contribution in [0.5, 0.6) is 5.75 Å². The van der Waals surface area contributed by atoms with Crippen LogP contribution in [-0.2, 0) is 6.42 Å². The van der Waals surface area contributed by atoms with Crippen molar-refractivity contribution in [3.8, 4) is 17.0 Å². The molecule has 1 aliphatic rings. The summed E-state index contributed by atoms with van der Waals surface area (Å²) in [7, 11) is 3.36. The zero-order valence-electron chi connectivity index (χ0n) is 17.9. The minimum absolute atomic E-state index is 0.113. The second-order valence-electron chi connectivity index (χ2n) is 7.80. The molecule has 8 heteroatoms. The molecule has 5 rings (SSSR count). The normalized spacial score (nSPS) is 14.5. The number of ether oxygens (including phenoxy) is 1. The van der Waals surface area contributed by atoms with Crippen molar-refractivity contribution in [1.82, 2.24) is 9.55 Å². The van der Waals surface area contributed by atoms with Gasteiger partial charge >= 0.3 is 0 Å². The maximum absolute atomic E-state index is 13.2. The zero-order valence-corrected chi connectivity index (χ0v) is 18.7. The molecule has 2 aromatic carbocycles. The predicted molar refractivity (Wildman–Crippen MR) is 128 cm³/mol. The Kier molecular flexibility index (Phi) is 4.94. The molecule has 7 nitrogen and oxygen atoms in total. The molecular formula is C24H22N4O3S. The van der Waals surface area contributed by atoms with Gasteiger partial charge < -0.3 is 19.9 Å². The lowest BCUT2D eigenvalue weighted by atomic mass is 10.1. The van der Waals surface area contributed by atoms with Crippen LogP contribution in [0.2, 0.25) is 0 Å². The number of carbonyl (C=O) groups is 1. The Morgan fingerprint density at radius 3 is 2.88 bits per heavy atom. The van der Waals surface area contributed by atoms with Crippen molar-refractivity contribution in [1.29, 1.82) is 0 Å². The van der Waals surface area contributed by atoms with Crippen molar-refractivity contribution in [3.63, 3.8) is 0 Å². The van der Waals surface area contributed by atoms with Crippen LogP contribution < -0.4 is 20.8 Å². The third-order valence-corrected chi connectivity index (χ3v) is 6.69. The van der Waals surface area contributed by atoms with Crippen molar-refractivity contribution in [2.45, 2.75) is 19.4 Å². The van der Waals surface area contributed by atoms with E-state index in [9.17, 15) is 9.59 Å². The zero-order chi connectivity index (χ0) is 22.4. The molecule has 162 valence electrons. The summed E-state index contributed by atoms with van der Waals surface area (Å²) >= 11 is 1.50. The lowest BCUT2D eigenvalue weighted by Crippen LogP contribution is -2.24. The monoisotopic (exact) mass is 446 g/mol. The molecule has 0 saturated carbocycles. The summed E-state index contributed by atoms with van der Waals surface area (Å²) in [5.74, 6) is 0.0436. The minimum Gasteiger partial charge on any atom is -0.495 e. The van der Waals surface area contributed by atoms with Crippen molar-refractivity contribution in [2.24, 2.45) is 0 Å². The molecule has 0 fully saturated rings.